The van der Waals surface area contributed by atoms with Crippen molar-refractivity contribution in [3.63, 3.8) is 0 Å². The minimum Gasteiger partial charge on any atom is -0.353 e. The van der Waals surface area contributed by atoms with E-state index in [2.05, 4.69) is 22.5 Å². The lowest BCUT2D eigenvalue weighted by Crippen LogP contribution is -2.44. The van der Waals surface area contributed by atoms with Crippen LogP contribution in [0.1, 0.15) is 40.0 Å². The Hall–Kier alpha value is -0.610. The van der Waals surface area contributed by atoms with Crippen molar-refractivity contribution >= 4 is 5.91 Å². The number of carbonyl (C=O) groups excluding carboxylic acids is 1. The summed E-state index contributed by atoms with van der Waals surface area (Å²) in [7, 11) is 0. The zero-order valence-electron chi connectivity index (χ0n) is 12.2. The lowest BCUT2D eigenvalue weighted by molar-refractivity contribution is -0.122. The average molecular weight is 255 g/mol. The number of rotatable bonds is 7. The Morgan fingerprint density at radius 3 is 2.83 bits per heavy atom. The highest BCUT2D eigenvalue weighted by atomic mass is 16.2. The van der Waals surface area contributed by atoms with Crippen molar-refractivity contribution < 1.29 is 4.79 Å². The molecule has 2 N–H and O–H groups in total. The van der Waals surface area contributed by atoms with E-state index in [1.807, 2.05) is 13.8 Å². The summed E-state index contributed by atoms with van der Waals surface area (Å²) < 4.78 is 0. The zero-order valence-corrected chi connectivity index (χ0v) is 12.2. The van der Waals surface area contributed by atoms with E-state index in [1.165, 1.54) is 12.8 Å². The molecule has 0 radical (unpaired) electrons. The maximum Gasteiger partial charge on any atom is 0.234 e. The summed E-state index contributed by atoms with van der Waals surface area (Å²) in [5.41, 5.74) is 0. The molecular formula is C14H29N3O. The summed E-state index contributed by atoms with van der Waals surface area (Å²) in [6.45, 7) is 11.0. The summed E-state index contributed by atoms with van der Waals surface area (Å²) in [5, 5.41) is 6.41. The van der Waals surface area contributed by atoms with E-state index in [0.717, 1.165) is 32.6 Å². The van der Waals surface area contributed by atoms with E-state index in [9.17, 15) is 4.79 Å². The van der Waals surface area contributed by atoms with E-state index in [-0.39, 0.29) is 11.9 Å². The Bertz CT molecular complexity index is 237. The van der Waals surface area contributed by atoms with Crippen LogP contribution in [0.15, 0.2) is 0 Å². The molecule has 1 heterocycles. The fourth-order valence-corrected chi connectivity index (χ4v) is 2.57. The van der Waals surface area contributed by atoms with Crippen LogP contribution in [0.3, 0.4) is 0 Å². The van der Waals surface area contributed by atoms with Gasteiger partial charge in [-0.2, -0.15) is 0 Å². The van der Waals surface area contributed by atoms with Crippen LogP contribution < -0.4 is 10.6 Å². The molecule has 0 spiro atoms. The summed E-state index contributed by atoms with van der Waals surface area (Å²) in [5.74, 6) is 0.861. The SMILES string of the molecule is CCCN(CC(=O)NC(C)C)CC1CCCNC1. The van der Waals surface area contributed by atoms with E-state index >= 15 is 0 Å². The number of piperidine rings is 1. The monoisotopic (exact) mass is 255 g/mol. The third-order valence-corrected chi connectivity index (χ3v) is 3.27. The lowest BCUT2D eigenvalue weighted by atomic mass is 9.99. The zero-order chi connectivity index (χ0) is 13.4. The van der Waals surface area contributed by atoms with Crippen molar-refractivity contribution in [1.82, 2.24) is 15.5 Å². The number of nitrogens with one attached hydrogen (secondary N) is 2. The molecule has 0 bridgehead atoms. The van der Waals surface area contributed by atoms with Crippen molar-refractivity contribution in [2.45, 2.75) is 46.1 Å². The van der Waals surface area contributed by atoms with Crippen molar-refractivity contribution in [2.75, 3.05) is 32.7 Å². The molecular weight excluding hydrogens is 226 g/mol. The molecule has 0 saturated carbocycles. The lowest BCUT2D eigenvalue weighted by Gasteiger charge is -2.29. The number of nitrogens with zero attached hydrogens (tertiary/aromatic N) is 1. The van der Waals surface area contributed by atoms with Gasteiger partial charge in [0.1, 0.15) is 0 Å². The third-order valence-electron chi connectivity index (χ3n) is 3.27. The Morgan fingerprint density at radius 2 is 2.28 bits per heavy atom. The van der Waals surface area contributed by atoms with Gasteiger partial charge in [-0.25, -0.2) is 0 Å². The molecule has 1 fully saturated rings. The van der Waals surface area contributed by atoms with Crippen LogP contribution in [0.25, 0.3) is 0 Å². The van der Waals surface area contributed by atoms with Gasteiger partial charge in [-0.15, -0.1) is 0 Å². The number of carbonyl (C=O) groups is 1. The second kappa shape index (κ2) is 8.48. The van der Waals surface area contributed by atoms with Crippen molar-refractivity contribution in [3.05, 3.63) is 0 Å². The molecule has 1 amide bonds. The minimum atomic E-state index is 0.155. The minimum absolute atomic E-state index is 0.155. The smallest absolute Gasteiger partial charge is 0.234 e. The highest BCUT2D eigenvalue weighted by Gasteiger charge is 2.18. The summed E-state index contributed by atoms with van der Waals surface area (Å²) in [6, 6.07) is 0.234. The molecule has 1 unspecified atom stereocenters. The molecule has 18 heavy (non-hydrogen) atoms. The number of hydrogen-bond donors (Lipinski definition) is 2. The van der Waals surface area contributed by atoms with Crippen LogP contribution in [0.4, 0.5) is 0 Å². The molecule has 1 atom stereocenters. The van der Waals surface area contributed by atoms with Crippen LogP contribution >= 0.6 is 0 Å². The van der Waals surface area contributed by atoms with Gasteiger partial charge in [0.2, 0.25) is 5.91 Å². The number of amides is 1. The second-order valence-corrected chi connectivity index (χ2v) is 5.67. The highest BCUT2D eigenvalue weighted by molar-refractivity contribution is 5.78. The first-order valence-electron chi connectivity index (χ1n) is 7.34. The first-order valence-corrected chi connectivity index (χ1v) is 7.34. The fraction of sp³-hybridized carbons (Fsp3) is 0.929. The summed E-state index contributed by atoms with van der Waals surface area (Å²) in [6.07, 6.45) is 3.66. The van der Waals surface area contributed by atoms with Gasteiger partial charge in [0.15, 0.2) is 0 Å². The Kier molecular flexibility index (Phi) is 7.28. The van der Waals surface area contributed by atoms with Crippen molar-refractivity contribution in [1.29, 1.82) is 0 Å². The molecule has 4 heteroatoms. The molecule has 0 aromatic heterocycles. The van der Waals surface area contributed by atoms with Crippen LogP contribution in [0, 0.1) is 5.92 Å². The molecule has 1 rings (SSSR count). The molecule has 0 aromatic carbocycles. The normalized spacial score (nSPS) is 20.4. The molecule has 0 aromatic rings. The van der Waals surface area contributed by atoms with Crippen molar-refractivity contribution in [2.24, 2.45) is 5.92 Å². The van der Waals surface area contributed by atoms with Gasteiger partial charge >= 0.3 is 0 Å². The maximum absolute atomic E-state index is 11.8. The predicted molar refractivity (Wildman–Crippen MR) is 75.6 cm³/mol. The van der Waals surface area contributed by atoms with Gasteiger partial charge in [0.05, 0.1) is 6.54 Å². The summed E-state index contributed by atoms with van der Waals surface area (Å²) in [4.78, 5) is 14.1. The Morgan fingerprint density at radius 1 is 1.50 bits per heavy atom. The topological polar surface area (TPSA) is 44.4 Å². The molecule has 1 saturated heterocycles. The van der Waals surface area contributed by atoms with Crippen LogP contribution in [0.2, 0.25) is 0 Å². The molecule has 0 aliphatic carbocycles. The first kappa shape index (κ1) is 15.4. The molecule has 1 aliphatic heterocycles. The predicted octanol–water partition coefficient (Wildman–Crippen LogP) is 1.22. The third kappa shape index (κ3) is 6.36. The van der Waals surface area contributed by atoms with Gasteiger partial charge in [-0.1, -0.05) is 6.92 Å². The number of hydrogen-bond acceptors (Lipinski definition) is 3. The van der Waals surface area contributed by atoms with Gasteiger partial charge in [-0.3, -0.25) is 9.69 Å². The Balaban J connectivity index is 2.35. The molecule has 106 valence electrons. The van der Waals surface area contributed by atoms with Crippen LogP contribution in [0.5, 0.6) is 0 Å². The molecule has 1 aliphatic rings. The standard InChI is InChI=1S/C14H29N3O/c1-4-8-17(11-14(18)16-12(2)3)10-13-6-5-7-15-9-13/h12-13,15H,4-11H2,1-3H3,(H,16,18). The molecule has 4 nitrogen and oxygen atoms in total. The van der Waals surface area contributed by atoms with E-state index < -0.39 is 0 Å². The van der Waals surface area contributed by atoms with Gasteiger partial charge in [0, 0.05) is 12.6 Å². The van der Waals surface area contributed by atoms with Gasteiger partial charge in [0.25, 0.3) is 0 Å². The quantitative estimate of drug-likeness (QED) is 0.719. The Labute approximate surface area is 111 Å². The van der Waals surface area contributed by atoms with Gasteiger partial charge in [-0.05, 0) is 58.7 Å². The van der Waals surface area contributed by atoms with E-state index in [1.54, 1.807) is 0 Å². The second-order valence-electron chi connectivity index (χ2n) is 5.67. The average Bonchev–Trinajstić information content (AvgIpc) is 2.29. The van der Waals surface area contributed by atoms with E-state index in [4.69, 9.17) is 0 Å². The summed E-state index contributed by atoms with van der Waals surface area (Å²) >= 11 is 0. The first-order chi connectivity index (χ1) is 8.61. The van der Waals surface area contributed by atoms with Gasteiger partial charge < -0.3 is 10.6 Å². The van der Waals surface area contributed by atoms with E-state index in [0.29, 0.717) is 12.5 Å². The van der Waals surface area contributed by atoms with Crippen molar-refractivity contribution in [3.8, 4) is 0 Å². The maximum atomic E-state index is 11.8. The van der Waals surface area contributed by atoms with Crippen LogP contribution in [-0.4, -0.2) is 49.6 Å². The highest BCUT2D eigenvalue weighted by Crippen LogP contribution is 2.11. The van der Waals surface area contributed by atoms with Crippen LogP contribution in [-0.2, 0) is 4.79 Å². The fourth-order valence-electron chi connectivity index (χ4n) is 2.57. The largest absolute Gasteiger partial charge is 0.353 e.